The number of aryl methyl sites for hydroxylation is 1. The minimum Gasteiger partial charge on any atom is -0.390 e. The van der Waals surface area contributed by atoms with E-state index in [1.165, 1.54) is 11.3 Å². The number of nitrogens with two attached hydrogens (primary N) is 1. The van der Waals surface area contributed by atoms with Crippen molar-refractivity contribution in [1.29, 1.82) is 0 Å². The van der Waals surface area contributed by atoms with E-state index >= 15 is 0 Å². The number of hydrogen-bond acceptors (Lipinski definition) is 3. The van der Waals surface area contributed by atoms with Gasteiger partial charge in [0, 0.05) is 10.4 Å². The van der Waals surface area contributed by atoms with E-state index < -0.39 is 0 Å². The molecule has 2 N–H and O–H groups in total. The van der Waals surface area contributed by atoms with Gasteiger partial charge in [0.2, 0.25) is 0 Å². The number of carbonyl (C=O) groups is 1. The maximum Gasteiger partial charge on any atom is 0.196 e. The molecule has 1 aromatic heterocycles. The standard InChI is InChI=1S/C19H17NOS/c1-12-13(2)22-19(20)17(12)18(21)16-10-6-9-15(11-16)14-7-4-3-5-8-14/h3-11H,20H2,1-2H3. The van der Waals surface area contributed by atoms with Crippen LogP contribution in [0.4, 0.5) is 5.00 Å². The maximum absolute atomic E-state index is 12.8. The van der Waals surface area contributed by atoms with E-state index in [0.29, 0.717) is 16.1 Å². The molecule has 3 heteroatoms. The van der Waals surface area contributed by atoms with Gasteiger partial charge in [-0.1, -0.05) is 48.5 Å². The van der Waals surface area contributed by atoms with Crippen LogP contribution in [0.15, 0.2) is 54.6 Å². The van der Waals surface area contributed by atoms with Crippen LogP contribution >= 0.6 is 11.3 Å². The van der Waals surface area contributed by atoms with Crippen LogP contribution in [0, 0.1) is 13.8 Å². The molecule has 2 nitrogen and oxygen atoms in total. The topological polar surface area (TPSA) is 43.1 Å². The lowest BCUT2D eigenvalue weighted by Gasteiger charge is -2.06. The van der Waals surface area contributed by atoms with Gasteiger partial charge in [-0.3, -0.25) is 4.79 Å². The van der Waals surface area contributed by atoms with Crippen molar-refractivity contribution < 1.29 is 4.79 Å². The first-order chi connectivity index (χ1) is 10.6. The van der Waals surface area contributed by atoms with Crippen molar-refractivity contribution in [1.82, 2.24) is 0 Å². The van der Waals surface area contributed by atoms with Crippen LogP contribution in [-0.4, -0.2) is 5.78 Å². The number of rotatable bonds is 3. The molecular formula is C19H17NOS. The van der Waals surface area contributed by atoms with Gasteiger partial charge < -0.3 is 5.73 Å². The van der Waals surface area contributed by atoms with Crippen LogP contribution in [-0.2, 0) is 0 Å². The summed E-state index contributed by atoms with van der Waals surface area (Å²) in [5, 5.41) is 0.602. The van der Waals surface area contributed by atoms with Crippen molar-refractivity contribution in [2.24, 2.45) is 0 Å². The Morgan fingerprint density at radius 1 is 0.955 bits per heavy atom. The highest BCUT2D eigenvalue weighted by Gasteiger charge is 2.19. The monoisotopic (exact) mass is 307 g/mol. The molecule has 0 fully saturated rings. The van der Waals surface area contributed by atoms with Crippen molar-refractivity contribution in [3.8, 4) is 11.1 Å². The predicted octanol–water partition coefficient (Wildman–Crippen LogP) is 4.85. The van der Waals surface area contributed by atoms with Crippen LogP contribution in [0.2, 0.25) is 0 Å². The minimum atomic E-state index is -0.00266. The molecule has 0 saturated heterocycles. The van der Waals surface area contributed by atoms with Gasteiger partial charge in [0.1, 0.15) is 0 Å². The average molecular weight is 307 g/mol. The third-order valence-electron chi connectivity index (χ3n) is 3.87. The summed E-state index contributed by atoms with van der Waals surface area (Å²) in [6, 6.07) is 17.8. The second-order valence-electron chi connectivity index (χ2n) is 5.30. The van der Waals surface area contributed by atoms with Crippen molar-refractivity contribution in [3.63, 3.8) is 0 Å². The maximum atomic E-state index is 12.8. The Bertz CT molecular complexity index is 834. The Morgan fingerprint density at radius 2 is 1.64 bits per heavy atom. The zero-order chi connectivity index (χ0) is 15.7. The molecule has 0 aliphatic carbocycles. The smallest absolute Gasteiger partial charge is 0.196 e. The van der Waals surface area contributed by atoms with Gasteiger partial charge in [0.15, 0.2) is 5.78 Å². The third kappa shape index (κ3) is 2.55. The van der Waals surface area contributed by atoms with E-state index in [1.807, 2.05) is 68.4 Å². The SMILES string of the molecule is Cc1sc(N)c(C(=O)c2cccc(-c3ccccc3)c2)c1C. The fourth-order valence-electron chi connectivity index (χ4n) is 2.55. The highest BCUT2D eigenvalue weighted by atomic mass is 32.1. The van der Waals surface area contributed by atoms with Gasteiger partial charge in [-0.15, -0.1) is 11.3 Å². The number of carbonyl (C=O) groups excluding carboxylic acids is 1. The van der Waals surface area contributed by atoms with Gasteiger partial charge in [0.05, 0.1) is 10.6 Å². The molecular weight excluding hydrogens is 290 g/mol. The molecule has 0 aliphatic heterocycles. The molecule has 0 bridgehead atoms. The lowest BCUT2D eigenvalue weighted by molar-refractivity contribution is 0.103. The highest BCUT2D eigenvalue weighted by Crippen LogP contribution is 2.32. The Balaban J connectivity index is 2.04. The van der Waals surface area contributed by atoms with Crippen molar-refractivity contribution in [2.45, 2.75) is 13.8 Å². The molecule has 2 aromatic carbocycles. The Labute approximate surface area is 134 Å². The van der Waals surface area contributed by atoms with Crippen LogP contribution in [0.1, 0.15) is 26.4 Å². The lowest BCUT2D eigenvalue weighted by atomic mass is 9.97. The Hall–Kier alpha value is -2.39. The number of nitrogen functional groups attached to an aromatic ring is 1. The first-order valence-electron chi connectivity index (χ1n) is 7.13. The molecule has 22 heavy (non-hydrogen) atoms. The van der Waals surface area contributed by atoms with Crippen molar-refractivity contribution in [2.75, 3.05) is 5.73 Å². The molecule has 3 rings (SSSR count). The van der Waals surface area contributed by atoms with Crippen molar-refractivity contribution >= 4 is 22.1 Å². The van der Waals surface area contributed by atoms with E-state index in [0.717, 1.165) is 21.6 Å². The highest BCUT2D eigenvalue weighted by molar-refractivity contribution is 7.16. The van der Waals surface area contributed by atoms with E-state index in [9.17, 15) is 4.79 Å². The Kier molecular flexibility index (Phi) is 3.82. The first-order valence-corrected chi connectivity index (χ1v) is 7.95. The molecule has 0 amide bonds. The summed E-state index contributed by atoms with van der Waals surface area (Å²) in [6.07, 6.45) is 0. The molecule has 110 valence electrons. The normalized spacial score (nSPS) is 10.6. The molecule has 0 spiro atoms. The number of thiophene rings is 1. The molecule has 3 aromatic rings. The minimum absolute atomic E-state index is 0.00266. The second kappa shape index (κ2) is 5.78. The molecule has 1 heterocycles. The summed E-state index contributed by atoms with van der Waals surface area (Å²) in [6.45, 7) is 3.95. The lowest BCUT2D eigenvalue weighted by Crippen LogP contribution is -2.05. The van der Waals surface area contributed by atoms with E-state index in [4.69, 9.17) is 5.73 Å². The number of hydrogen-bond donors (Lipinski definition) is 1. The fourth-order valence-corrected chi connectivity index (χ4v) is 3.48. The third-order valence-corrected chi connectivity index (χ3v) is 4.91. The largest absolute Gasteiger partial charge is 0.390 e. The molecule has 0 saturated carbocycles. The van der Waals surface area contributed by atoms with E-state index in [-0.39, 0.29) is 5.78 Å². The molecule has 0 radical (unpaired) electrons. The summed E-state index contributed by atoms with van der Waals surface area (Å²) in [5.74, 6) is -0.00266. The van der Waals surface area contributed by atoms with Crippen LogP contribution < -0.4 is 5.73 Å². The van der Waals surface area contributed by atoms with Crippen LogP contribution in [0.25, 0.3) is 11.1 Å². The fraction of sp³-hybridized carbons (Fsp3) is 0.105. The molecule has 0 aliphatic rings. The van der Waals surface area contributed by atoms with Crippen molar-refractivity contribution in [3.05, 3.63) is 76.2 Å². The summed E-state index contributed by atoms with van der Waals surface area (Å²) in [4.78, 5) is 13.9. The summed E-state index contributed by atoms with van der Waals surface area (Å²) in [7, 11) is 0. The number of benzene rings is 2. The molecule has 0 atom stereocenters. The summed E-state index contributed by atoms with van der Waals surface area (Å²) < 4.78 is 0. The zero-order valence-electron chi connectivity index (χ0n) is 12.6. The van der Waals surface area contributed by atoms with Crippen LogP contribution in [0.5, 0.6) is 0 Å². The van der Waals surface area contributed by atoms with Crippen LogP contribution in [0.3, 0.4) is 0 Å². The van der Waals surface area contributed by atoms with Gasteiger partial charge in [-0.05, 0) is 36.6 Å². The first kappa shape index (κ1) is 14.5. The quantitative estimate of drug-likeness (QED) is 0.703. The summed E-state index contributed by atoms with van der Waals surface area (Å²) in [5.41, 5.74) is 10.5. The summed E-state index contributed by atoms with van der Waals surface area (Å²) >= 11 is 1.48. The van der Waals surface area contributed by atoms with Gasteiger partial charge in [0.25, 0.3) is 0 Å². The van der Waals surface area contributed by atoms with Gasteiger partial charge in [-0.2, -0.15) is 0 Å². The number of anilines is 1. The average Bonchev–Trinajstić information content (AvgIpc) is 2.80. The Morgan fingerprint density at radius 3 is 2.27 bits per heavy atom. The van der Waals surface area contributed by atoms with E-state index in [1.54, 1.807) is 0 Å². The van der Waals surface area contributed by atoms with Gasteiger partial charge >= 0.3 is 0 Å². The van der Waals surface area contributed by atoms with E-state index in [2.05, 4.69) is 0 Å². The predicted molar refractivity (Wildman–Crippen MR) is 93.5 cm³/mol. The molecule has 0 unspecified atom stereocenters. The zero-order valence-corrected chi connectivity index (χ0v) is 13.4. The van der Waals surface area contributed by atoms with Gasteiger partial charge in [-0.25, -0.2) is 0 Å². The number of ketones is 1. The second-order valence-corrected chi connectivity index (χ2v) is 6.55.